The molecular formula is C11H15N3O. The molecule has 0 saturated carbocycles. The minimum Gasteiger partial charge on any atom is -0.354 e. The average Bonchev–Trinajstić information content (AvgIpc) is 2.65. The van der Waals surface area contributed by atoms with Crippen molar-refractivity contribution in [1.29, 1.82) is 0 Å². The largest absolute Gasteiger partial charge is 0.354 e. The number of hydrogen-bond donors (Lipinski definition) is 2. The molecule has 1 fully saturated rings. The van der Waals surface area contributed by atoms with E-state index in [1.807, 2.05) is 18.2 Å². The minimum absolute atomic E-state index is 0.126. The number of nitrogens with one attached hydrogen (secondary N) is 2. The molecule has 2 N–H and O–H groups in total. The lowest BCUT2D eigenvalue weighted by atomic mass is 10.1. The van der Waals surface area contributed by atoms with Crippen molar-refractivity contribution in [3.63, 3.8) is 0 Å². The highest BCUT2D eigenvalue weighted by atomic mass is 16.1. The van der Waals surface area contributed by atoms with Gasteiger partial charge in [-0.15, -0.1) is 0 Å². The van der Waals surface area contributed by atoms with Crippen molar-refractivity contribution in [2.75, 3.05) is 6.54 Å². The summed E-state index contributed by atoms with van der Waals surface area (Å²) >= 11 is 0. The Morgan fingerprint density at radius 1 is 1.60 bits per heavy atom. The van der Waals surface area contributed by atoms with Gasteiger partial charge in [-0.25, -0.2) is 0 Å². The van der Waals surface area contributed by atoms with Crippen molar-refractivity contribution in [3.8, 4) is 0 Å². The summed E-state index contributed by atoms with van der Waals surface area (Å²) < 4.78 is 0. The lowest BCUT2D eigenvalue weighted by Crippen LogP contribution is -2.33. The quantitative estimate of drug-likeness (QED) is 0.760. The fourth-order valence-electron chi connectivity index (χ4n) is 1.79. The number of pyridine rings is 1. The number of hydrogen-bond acceptors (Lipinski definition) is 3. The van der Waals surface area contributed by atoms with Crippen LogP contribution in [-0.4, -0.2) is 23.5 Å². The standard InChI is InChI=1S/C11H15N3O/c1-8(10-4-2-3-5-12-10)14-9-6-11(15)13-7-9/h2-5,8-9,14H,6-7H2,1H3,(H,13,15). The van der Waals surface area contributed by atoms with Crippen molar-refractivity contribution in [2.24, 2.45) is 0 Å². The Hall–Kier alpha value is -1.42. The van der Waals surface area contributed by atoms with Gasteiger partial charge in [-0.3, -0.25) is 9.78 Å². The third-order valence-electron chi connectivity index (χ3n) is 2.59. The Labute approximate surface area is 89.1 Å². The van der Waals surface area contributed by atoms with Crippen LogP contribution in [0.1, 0.15) is 25.1 Å². The predicted octanol–water partition coefficient (Wildman–Crippen LogP) is 0.621. The van der Waals surface area contributed by atoms with Crippen LogP contribution in [0.3, 0.4) is 0 Å². The molecule has 1 aromatic rings. The third kappa shape index (κ3) is 2.53. The van der Waals surface area contributed by atoms with Gasteiger partial charge in [0.1, 0.15) is 0 Å². The van der Waals surface area contributed by atoms with Crippen molar-refractivity contribution in [2.45, 2.75) is 25.4 Å². The SMILES string of the molecule is CC(NC1CNC(=O)C1)c1ccccn1. The molecule has 1 aromatic heterocycles. The second-order valence-corrected chi connectivity index (χ2v) is 3.85. The van der Waals surface area contributed by atoms with Gasteiger partial charge in [0.25, 0.3) is 0 Å². The molecule has 15 heavy (non-hydrogen) atoms. The van der Waals surface area contributed by atoms with E-state index in [-0.39, 0.29) is 18.0 Å². The third-order valence-corrected chi connectivity index (χ3v) is 2.59. The van der Waals surface area contributed by atoms with E-state index in [2.05, 4.69) is 22.5 Å². The highest BCUT2D eigenvalue weighted by molar-refractivity contribution is 5.78. The van der Waals surface area contributed by atoms with Gasteiger partial charge in [0.15, 0.2) is 0 Å². The zero-order valence-corrected chi connectivity index (χ0v) is 8.73. The van der Waals surface area contributed by atoms with Crippen LogP contribution >= 0.6 is 0 Å². The van der Waals surface area contributed by atoms with Gasteiger partial charge in [-0.05, 0) is 19.1 Å². The van der Waals surface area contributed by atoms with Gasteiger partial charge in [0, 0.05) is 31.2 Å². The molecule has 2 atom stereocenters. The van der Waals surface area contributed by atoms with E-state index in [1.165, 1.54) is 0 Å². The van der Waals surface area contributed by atoms with Crippen LogP contribution in [0.4, 0.5) is 0 Å². The zero-order chi connectivity index (χ0) is 10.7. The second-order valence-electron chi connectivity index (χ2n) is 3.85. The molecule has 1 amide bonds. The fourth-order valence-corrected chi connectivity index (χ4v) is 1.79. The van der Waals surface area contributed by atoms with Gasteiger partial charge in [0.05, 0.1) is 5.69 Å². The van der Waals surface area contributed by atoms with E-state index in [4.69, 9.17) is 0 Å². The maximum absolute atomic E-state index is 11.0. The first-order valence-electron chi connectivity index (χ1n) is 5.19. The molecule has 0 radical (unpaired) electrons. The molecule has 1 aliphatic rings. The van der Waals surface area contributed by atoms with Gasteiger partial charge in [-0.2, -0.15) is 0 Å². The lowest BCUT2D eigenvalue weighted by molar-refractivity contribution is -0.119. The molecule has 4 heteroatoms. The molecule has 80 valence electrons. The number of nitrogens with zero attached hydrogens (tertiary/aromatic N) is 1. The first kappa shape index (κ1) is 10.1. The molecule has 0 aliphatic carbocycles. The van der Waals surface area contributed by atoms with E-state index >= 15 is 0 Å². The number of aromatic nitrogens is 1. The summed E-state index contributed by atoms with van der Waals surface area (Å²) in [6.07, 6.45) is 2.35. The second kappa shape index (κ2) is 4.40. The van der Waals surface area contributed by atoms with Gasteiger partial charge in [-0.1, -0.05) is 6.07 Å². The van der Waals surface area contributed by atoms with Crippen LogP contribution in [0.5, 0.6) is 0 Å². The Morgan fingerprint density at radius 2 is 2.47 bits per heavy atom. The van der Waals surface area contributed by atoms with Crippen LogP contribution in [0.15, 0.2) is 24.4 Å². The summed E-state index contributed by atoms with van der Waals surface area (Å²) in [4.78, 5) is 15.3. The Morgan fingerprint density at radius 3 is 3.07 bits per heavy atom. The maximum atomic E-state index is 11.0. The summed E-state index contributed by atoms with van der Waals surface area (Å²) in [5.74, 6) is 0.126. The molecule has 2 heterocycles. The van der Waals surface area contributed by atoms with Crippen molar-refractivity contribution >= 4 is 5.91 Å². The summed E-state index contributed by atoms with van der Waals surface area (Å²) in [6.45, 7) is 2.78. The molecule has 4 nitrogen and oxygen atoms in total. The normalized spacial score (nSPS) is 22.5. The van der Waals surface area contributed by atoms with Gasteiger partial charge < -0.3 is 10.6 Å². The van der Waals surface area contributed by atoms with E-state index in [9.17, 15) is 4.79 Å². The molecule has 2 unspecified atom stereocenters. The monoisotopic (exact) mass is 205 g/mol. The lowest BCUT2D eigenvalue weighted by Gasteiger charge is -2.17. The molecule has 0 bridgehead atoms. The molecular weight excluding hydrogens is 190 g/mol. The van der Waals surface area contributed by atoms with Crippen molar-refractivity contribution < 1.29 is 4.79 Å². The summed E-state index contributed by atoms with van der Waals surface area (Å²) in [5, 5.41) is 6.18. The molecule has 0 aromatic carbocycles. The molecule has 0 spiro atoms. The first-order chi connectivity index (χ1) is 7.25. The zero-order valence-electron chi connectivity index (χ0n) is 8.73. The van der Waals surface area contributed by atoms with Crippen LogP contribution < -0.4 is 10.6 Å². The number of amides is 1. The smallest absolute Gasteiger partial charge is 0.221 e. The number of carbonyl (C=O) groups is 1. The van der Waals surface area contributed by atoms with Crippen LogP contribution in [0.2, 0.25) is 0 Å². The Kier molecular flexibility index (Phi) is 2.97. The topological polar surface area (TPSA) is 54.0 Å². The van der Waals surface area contributed by atoms with Crippen molar-refractivity contribution in [3.05, 3.63) is 30.1 Å². The van der Waals surface area contributed by atoms with Gasteiger partial charge >= 0.3 is 0 Å². The molecule has 2 rings (SSSR count). The van der Waals surface area contributed by atoms with Gasteiger partial charge in [0.2, 0.25) is 5.91 Å². The predicted molar refractivity (Wildman–Crippen MR) is 57.2 cm³/mol. The maximum Gasteiger partial charge on any atom is 0.221 e. The highest BCUT2D eigenvalue weighted by Gasteiger charge is 2.22. The van der Waals surface area contributed by atoms with E-state index in [1.54, 1.807) is 6.20 Å². The van der Waals surface area contributed by atoms with E-state index in [0.717, 1.165) is 12.2 Å². The van der Waals surface area contributed by atoms with Crippen LogP contribution in [-0.2, 0) is 4.79 Å². The molecule has 1 saturated heterocycles. The van der Waals surface area contributed by atoms with E-state index in [0.29, 0.717) is 6.42 Å². The summed E-state index contributed by atoms with van der Waals surface area (Å²) in [6, 6.07) is 6.27. The number of carbonyl (C=O) groups excluding carboxylic acids is 1. The Balaban J connectivity index is 1.92. The van der Waals surface area contributed by atoms with Crippen LogP contribution in [0, 0.1) is 0 Å². The summed E-state index contributed by atoms with van der Waals surface area (Å²) in [7, 11) is 0. The fraction of sp³-hybridized carbons (Fsp3) is 0.455. The van der Waals surface area contributed by atoms with Crippen LogP contribution in [0.25, 0.3) is 0 Å². The number of rotatable bonds is 3. The first-order valence-corrected chi connectivity index (χ1v) is 5.19. The minimum atomic E-state index is 0.126. The van der Waals surface area contributed by atoms with Crippen molar-refractivity contribution in [1.82, 2.24) is 15.6 Å². The average molecular weight is 205 g/mol. The molecule has 1 aliphatic heterocycles. The highest BCUT2D eigenvalue weighted by Crippen LogP contribution is 2.11. The summed E-state index contributed by atoms with van der Waals surface area (Å²) in [5.41, 5.74) is 1.01. The Bertz CT molecular complexity index is 339. The van der Waals surface area contributed by atoms with E-state index < -0.39 is 0 Å².